The molecular formula is C19H24Cl2N4OS2. The average Bonchev–Trinajstić information content (AvgIpc) is 3.22. The van der Waals surface area contributed by atoms with E-state index in [0.29, 0.717) is 5.92 Å². The monoisotopic (exact) mass is 458 g/mol. The average molecular weight is 459 g/mol. The number of nitrogens with one attached hydrogen (secondary N) is 1. The predicted octanol–water partition coefficient (Wildman–Crippen LogP) is 5.06. The lowest BCUT2D eigenvalue weighted by Gasteiger charge is -2.31. The third-order valence-electron chi connectivity index (χ3n) is 4.92. The zero-order valence-electron chi connectivity index (χ0n) is 15.5. The maximum atomic E-state index is 12.7. The van der Waals surface area contributed by atoms with Crippen molar-refractivity contribution >= 4 is 73.7 Å². The molecule has 0 unspecified atom stereocenters. The van der Waals surface area contributed by atoms with Crippen LogP contribution in [0.1, 0.15) is 28.1 Å². The number of carbonyl (C=O) groups is 1. The van der Waals surface area contributed by atoms with E-state index in [0.717, 1.165) is 57.7 Å². The summed E-state index contributed by atoms with van der Waals surface area (Å²) in [4.78, 5) is 21.1. The number of nitrogens with zero attached hydrogens (tertiary/aromatic N) is 2. The van der Waals surface area contributed by atoms with Crippen LogP contribution in [-0.4, -0.2) is 35.4 Å². The lowest BCUT2D eigenvalue weighted by Crippen LogP contribution is -2.39. The largest absolute Gasteiger partial charge is 0.338 e. The van der Waals surface area contributed by atoms with E-state index >= 15 is 0 Å². The number of benzene rings is 1. The highest BCUT2D eigenvalue weighted by atomic mass is 35.5. The summed E-state index contributed by atoms with van der Waals surface area (Å²) in [5.41, 5.74) is 7.98. The molecule has 28 heavy (non-hydrogen) atoms. The first-order chi connectivity index (χ1) is 12.6. The topological polar surface area (TPSA) is 71.2 Å². The molecule has 3 N–H and O–H groups in total. The van der Waals surface area contributed by atoms with Gasteiger partial charge in [-0.3, -0.25) is 4.79 Å². The van der Waals surface area contributed by atoms with Crippen LogP contribution in [-0.2, 0) is 0 Å². The number of thiazole rings is 1. The third-order valence-corrected chi connectivity index (χ3v) is 6.99. The number of nitrogens with two attached hydrogens (primary N) is 1. The Morgan fingerprint density at radius 1 is 1.25 bits per heavy atom. The highest BCUT2D eigenvalue weighted by Gasteiger charge is 2.24. The number of likely N-dealkylation sites (tertiary alicyclic amines) is 1. The van der Waals surface area contributed by atoms with Crippen LogP contribution in [0.4, 0.5) is 10.8 Å². The standard InChI is InChI=1S/C19H22N4OS2.2ClH/c1-12-4-2-3-5-14(12)21-19-22-17-15(26-19)10-16(25-17)18(24)23-8-6-13(11-20)7-9-23;;/h2-5,10,13H,6-9,11,20H2,1H3,(H,21,22);2*1H. The van der Waals surface area contributed by atoms with Gasteiger partial charge in [0.25, 0.3) is 5.91 Å². The molecule has 1 saturated heterocycles. The van der Waals surface area contributed by atoms with Crippen molar-refractivity contribution in [3.05, 3.63) is 40.8 Å². The number of hydrogen-bond acceptors (Lipinski definition) is 6. The number of piperidine rings is 1. The Bertz CT molecular complexity index is 904. The fourth-order valence-corrected chi connectivity index (χ4v) is 5.35. The number of rotatable bonds is 4. The van der Waals surface area contributed by atoms with Gasteiger partial charge in [-0.1, -0.05) is 29.5 Å². The zero-order valence-corrected chi connectivity index (χ0v) is 18.8. The Balaban J connectivity index is 0.00000140. The van der Waals surface area contributed by atoms with E-state index < -0.39 is 0 Å². The van der Waals surface area contributed by atoms with Crippen LogP contribution in [0.25, 0.3) is 9.53 Å². The molecule has 1 aliphatic rings. The van der Waals surface area contributed by atoms with Gasteiger partial charge < -0.3 is 16.0 Å². The number of para-hydroxylation sites is 1. The van der Waals surface area contributed by atoms with E-state index in [1.54, 1.807) is 11.3 Å². The van der Waals surface area contributed by atoms with Gasteiger partial charge in [0.2, 0.25) is 0 Å². The SMILES string of the molecule is Cc1ccccc1Nc1nc2sc(C(=O)N3CCC(CN)CC3)cc2s1.Cl.Cl. The first-order valence-corrected chi connectivity index (χ1v) is 10.5. The Kier molecular flexibility index (Phi) is 8.09. The van der Waals surface area contributed by atoms with E-state index in [9.17, 15) is 4.79 Å². The second-order valence-corrected chi connectivity index (χ2v) is 8.77. The van der Waals surface area contributed by atoms with Crippen LogP contribution in [0.2, 0.25) is 0 Å². The summed E-state index contributed by atoms with van der Waals surface area (Å²) >= 11 is 3.08. The summed E-state index contributed by atoms with van der Waals surface area (Å²) < 4.78 is 1.06. The Morgan fingerprint density at radius 3 is 2.61 bits per heavy atom. The van der Waals surface area contributed by atoms with Gasteiger partial charge in [0, 0.05) is 18.8 Å². The number of aryl methyl sites for hydroxylation is 1. The van der Waals surface area contributed by atoms with Crippen LogP contribution in [0, 0.1) is 12.8 Å². The van der Waals surface area contributed by atoms with Crippen molar-refractivity contribution in [1.82, 2.24) is 9.88 Å². The number of aromatic nitrogens is 1. The van der Waals surface area contributed by atoms with Crippen molar-refractivity contribution in [2.75, 3.05) is 25.0 Å². The van der Waals surface area contributed by atoms with Gasteiger partial charge in [-0.05, 0) is 49.9 Å². The molecule has 0 bridgehead atoms. The molecule has 0 atom stereocenters. The molecule has 0 aliphatic carbocycles. The van der Waals surface area contributed by atoms with Gasteiger partial charge in [-0.25, -0.2) is 4.98 Å². The minimum atomic E-state index is 0. The molecule has 9 heteroatoms. The molecule has 5 nitrogen and oxygen atoms in total. The number of halogens is 2. The lowest BCUT2D eigenvalue weighted by atomic mass is 9.97. The Morgan fingerprint density at radius 2 is 1.96 bits per heavy atom. The molecular weight excluding hydrogens is 435 g/mol. The molecule has 1 aliphatic heterocycles. The molecule has 1 aromatic carbocycles. The minimum Gasteiger partial charge on any atom is -0.338 e. The van der Waals surface area contributed by atoms with Crippen molar-refractivity contribution in [2.45, 2.75) is 19.8 Å². The molecule has 3 heterocycles. The summed E-state index contributed by atoms with van der Waals surface area (Å²) in [5, 5.41) is 4.24. The van der Waals surface area contributed by atoms with Crippen LogP contribution in [0.3, 0.4) is 0 Å². The van der Waals surface area contributed by atoms with E-state index in [-0.39, 0.29) is 30.7 Å². The summed E-state index contributed by atoms with van der Waals surface area (Å²) in [6, 6.07) is 10.1. The summed E-state index contributed by atoms with van der Waals surface area (Å²) in [6.45, 7) is 4.40. The number of thiophene rings is 1. The molecule has 1 amide bonds. The molecule has 0 spiro atoms. The molecule has 1 fully saturated rings. The molecule has 0 radical (unpaired) electrons. The van der Waals surface area contributed by atoms with Gasteiger partial charge in [-0.15, -0.1) is 36.2 Å². The van der Waals surface area contributed by atoms with Crippen LogP contribution in [0.15, 0.2) is 30.3 Å². The summed E-state index contributed by atoms with van der Waals surface area (Å²) in [5.74, 6) is 0.687. The van der Waals surface area contributed by atoms with Crippen molar-refractivity contribution in [2.24, 2.45) is 11.7 Å². The quantitative estimate of drug-likeness (QED) is 0.572. The van der Waals surface area contributed by atoms with Gasteiger partial charge in [0.1, 0.15) is 4.83 Å². The van der Waals surface area contributed by atoms with Crippen LogP contribution in [0.5, 0.6) is 0 Å². The number of carbonyl (C=O) groups excluding carboxylic acids is 1. The molecule has 3 aromatic rings. The van der Waals surface area contributed by atoms with Crippen molar-refractivity contribution in [3.63, 3.8) is 0 Å². The Hall–Kier alpha value is -1.38. The highest BCUT2D eigenvalue weighted by Crippen LogP contribution is 2.35. The second kappa shape index (κ2) is 9.89. The molecule has 0 saturated carbocycles. The molecule has 4 rings (SSSR count). The number of hydrogen-bond donors (Lipinski definition) is 2. The number of fused-ring (bicyclic) bond motifs is 1. The van der Waals surface area contributed by atoms with E-state index in [2.05, 4.69) is 23.3 Å². The predicted molar refractivity (Wildman–Crippen MR) is 124 cm³/mol. The molecule has 2 aromatic heterocycles. The summed E-state index contributed by atoms with van der Waals surface area (Å²) in [6.07, 6.45) is 2.01. The number of amides is 1. The van der Waals surface area contributed by atoms with Gasteiger partial charge in [0.15, 0.2) is 5.13 Å². The van der Waals surface area contributed by atoms with Crippen LogP contribution < -0.4 is 11.1 Å². The minimum absolute atomic E-state index is 0. The van der Waals surface area contributed by atoms with E-state index in [4.69, 9.17) is 5.73 Å². The Labute approximate surface area is 185 Å². The van der Waals surface area contributed by atoms with Gasteiger partial charge in [0.05, 0.1) is 9.58 Å². The van der Waals surface area contributed by atoms with Gasteiger partial charge >= 0.3 is 0 Å². The maximum Gasteiger partial charge on any atom is 0.264 e. The van der Waals surface area contributed by atoms with Crippen LogP contribution >= 0.6 is 47.5 Å². The first-order valence-electron chi connectivity index (χ1n) is 8.86. The second-order valence-electron chi connectivity index (χ2n) is 6.71. The fourth-order valence-electron chi connectivity index (χ4n) is 3.25. The van der Waals surface area contributed by atoms with E-state index in [1.165, 1.54) is 16.9 Å². The smallest absolute Gasteiger partial charge is 0.264 e. The zero-order chi connectivity index (χ0) is 18.1. The van der Waals surface area contributed by atoms with Crippen molar-refractivity contribution in [3.8, 4) is 0 Å². The number of anilines is 2. The first kappa shape index (κ1) is 22.9. The van der Waals surface area contributed by atoms with E-state index in [1.807, 2.05) is 29.2 Å². The maximum absolute atomic E-state index is 12.7. The molecule has 152 valence electrons. The highest BCUT2D eigenvalue weighted by molar-refractivity contribution is 7.29. The fraction of sp³-hybridized carbons (Fsp3) is 0.368. The normalized spacial score (nSPS) is 14.4. The van der Waals surface area contributed by atoms with Crippen molar-refractivity contribution in [1.29, 1.82) is 0 Å². The lowest BCUT2D eigenvalue weighted by molar-refractivity contribution is 0.0698. The van der Waals surface area contributed by atoms with Gasteiger partial charge in [-0.2, -0.15) is 0 Å². The summed E-state index contributed by atoms with van der Waals surface area (Å²) in [7, 11) is 0. The van der Waals surface area contributed by atoms with Crippen molar-refractivity contribution < 1.29 is 4.79 Å². The third kappa shape index (κ3) is 4.78.